The highest BCUT2D eigenvalue weighted by molar-refractivity contribution is 7.98. The molecule has 0 radical (unpaired) electrons. The number of amides is 2. The molecule has 0 saturated heterocycles. The number of benzene rings is 3. The molecule has 3 rings (SSSR count). The lowest BCUT2D eigenvalue weighted by atomic mass is 10.1. The van der Waals surface area contributed by atoms with Gasteiger partial charge in [0.15, 0.2) is 0 Å². The van der Waals surface area contributed by atoms with Gasteiger partial charge in [-0.2, -0.15) is 0 Å². The van der Waals surface area contributed by atoms with E-state index in [4.69, 9.17) is 4.74 Å². The Labute approximate surface area is 186 Å². The van der Waals surface area contributed by atoms with Crippen LogP contribution >= 0.6 is 11.8 Å². The molecule has 0 aromatic heterocycles. The maximum absolute atomic E-state index is 13.1. The highest BCUT2D eigenvalue weighted by Gasteiger charge is 2.16. The molecular formula is C25H24N2O3S. The lowest BCUT2D eigenvalue weighted by molar-refractivity contribution is -0.113. The molecule has 0 saturated carbocycles. The molecule has 3 aromatic rings. The second kappa shape index (κ2) is 11.0. The van der Waals surface area contributed by atoms with E-state index in [9.17, 15) is 9.59 Å². The van der Waals surface area contributed by atoms with Gasteiger partial charge >= 0.3 is 0 Å². The van der Waals surface area contributed by atoms with Crippen LogP contribution in [0.3, 0.4) is 0 Å². The third kappa shape index (κ3) is 6.23. The molecular weight excluding hydrogens is 408 g/mol. The average Bonchev–Trinajstić information content (AvgIpc) is 2.80. The Kier molecular flexibility index (Phi) is 7.90. The van der Waals surface area contributed by atoms with Gasteiger partial charge < -0.3 is 15.4 Å². The molecule has 0 spiro atoms. The third-order valence-corrected chi connectivity index (χ3v) is 5.10. The number of para-hydroxylation sites is 1. The van der Waals surface area contributed by atoms with E-state index in [1.54, 1.807) is 42.1 Å². The van der Waals surface area contributed by atoms with E-state index in [2.05, 4.69) is 10.6 Å². The summed E-state index contributed by atoms with van der Waals surface area (Å²) in [5.74, 6) is -0.156. The van der Waals surface area contributed by atoms with Crippen molar-refractivity contribution >= 4 is 35.3 Å². The van der Waals surface area contributed by atoms with Crippen molar-refractivity contribution in [2.24, 2.45) is 0 Å². The molecule has 0 atom stereocenters. The topological polar surface area (TPSA) is 67.4 Å². The smallest absolute Gasteiger partial charge is 0.272 e. The summed E-state index contributed by atoms with van der Waals surface area (Å²) < 4.78 is 5.66. The van der Waals surface area contributed by atoms with Crippen LogP contribution in [0.5, 0.6) is 5.75 Å². The molecule has 2 amide bonds. The number of nitrogens with one attached hydrogen (secondary N) is 2. The van der Waals surface area contributed by atoms with Crippen molar-refractivity contribution in [2.75, 3.05) is 18.2 Å². The molecule has 6 heteroatoms. The number of carbonyl (C=O) groups is 2. The fourth-order valence-corrected chi connectivity index (χ4v) is 3.34. The molecule has 0 bridgehead atoms. The Balaban J connectivity index is 1.93. The second-order valence-corrected chi connectivity index (χ2v) is 7.41. The molecule has 2 N–H and O–H groups in total. The van der Waals surface area contributed by atoms with E-state index in [0.29, 0.717) is 29.2 Å². The molecule has 0 heterocycles. The molecule has 0 aliphatic heterocycles. The van der Waals surface area contributed by atoms with Crippen molar-refractivity contribution in [3.63, 3.8) is 0 Å². The fraction of sp³-hybridized carbons (Fsp3) is 0.120. The van der Waals surface area contributed by atoms with Crippen LogP contribution < -0.4 is 15.4 Å². The summed E-state index contributed by atoms with van der Waals surface area (Å²) in [6, 6.07) is 23.7. The van der Waals surface area contributed by atoms with Crippen LogP contribution in [0.4, 0.5) is 5.69 Å². The van der Waals surface area contributed by atoms with Crippen LogP contribution in [-0.2, 0) is 4.79 Å². The number of thioether (sulfide) groups is 1. The highest BCUT2D eigenvalue weighted by atomic mass is 32.2. The van der Waals surface area contributed by atoms with Gasteiger partial charge in [0, 0.05) is 21.7 Å². The number of ether oxygens (including phenoxy) is 1. The van der Waals surface area contributed by atoms with Crippen LogP contribution in [0.2, 0.25) is 0 Å². The summed E-state index contributed by atoms with van der Waals surface area (Å²) in [6.45, 7) is 2.38. The first kappa shape index (κ1) is 22.2. The zero-order chi connectivity index (χ0) is 22.1. The van der Waals surface area contributed by atoms with Gasteiger partial charge in [-0.1, -0.05) is 42.5 Å². The SMILES string of the molecule is CCOc1ccccc1/C=C(/NC(=O)c1ccccc1)C(=O)Nc1cccc(SC)c1. The number of rotatable bonds is 8. The first-order valence-corrected chi connectivity index (χ1v) is 11.1. The number of hydrogen-bond acceptors (Lipinski definition) is 4. The van der Waals surface area contributed by atoms with E-state index in [0.717, 1.165) is 4.90 Å². The Bertz CT molecular complexity index is 1080. The third-order valence-electron chi connectivity index (χ3n) is 4.38. The van der Waals surface area contributed by atoms with Gasteiger partial charge in [0.05, 0.1) is 6.61 Å². The number of hydrogen-bond donors (Lipinski definition) is 2. The van der Waals surface area contributed by atoms with Crippen molar-refractivity contribution in [3.8, 4) is 5.75 Å². The van der Waals surface area contributed by atoms with Crippen LogP contribution in [0.1, 0.15) is 22.8 Å². The van der Waals surface area contributed by atoms with Gasteiger partial charge in [-0.25, -0.2) is 0 Å². The fourth-order valence-electron chi connectivity index (χ4n) is 2.88. The monoisotopic (exact) mass is 432 g/mol. The molecule has 5 nitrogen and oxygen atoms in total. The van der Waals surface area contributed by atoms with E-state index >= 15 is 0 Å². The van der Waals surface area contributed by atoms with Gasteiger partial charge in [-0.15, -0.1) is 11.8 Å². The molecule has 3 aromatic carbocycles. The lowest BCUT2D eigenvalue weighted by Crippen LogP contribution is -2.30. The second-order valence-electron chi connectivity index (χ2n) is 6.54. The van der Waals surface area contributed by atoms with Gasteiger partial charge in [0.1, 0.15) is 11.4 Å². The van der Waals surface area contributed by atoms with Crippen molar-refractivity contribution in [1.29, 1.82) is 0 Å². The van der Waals surface area contributed by atoms with Gasteiger partial charge in [-0.05, 0) is 55.7 Å². The van der Waals surface area contributed by atoms with E-state index in [-0.39, 0.29) is 11.6 Å². The van der Waals surface area contributed by atoms with Crippen LogP contribution in [0.25, 0.3) is 6.08 Å². The minimum atomic E-state index is -0.422. The number of anilines is 1. The van der Waals surface area contributed by atoms with Crippen molar-refractivity contribution in [3.05, 3.63) is 95.7 Å². The molecule has 0 fully saturated rings. The van der Waals surface area contributed by atoms with E-state index in [1.807, 2.05) is 67.8 Å². The summed E-state index contributed by atoms with van der Waals surface area (Å²) in [5, 5.41) is 5.62. The highest BCUT2D eigenvalue weighted by Crippen LogP contribution is 2.22. The Morgan fingerprint density at radius 3 is 2.45 bits per heavy atom. The van der Waals surface area contributed by atoms with Gasteiger partial charge in [0.2, 0.25) is 0 Å². The summed E-state index contributed by atoms with van der Waals surface area (Å²) in [6.07, 6.45) is 3.59. The van der Waals surface area contributed by atoms with Crippen LogP contribution in [0, 0.1) is 0 Å². The predicted octanol–water partition coefficient (Wildman–Crippen LogP) is 5.22. The van der Waals surface area contributed by atoms with E-state index in [1.165, 1.54) is 0 Å². The quantitative estimate of drug-likeness (QED) is 0.378. The summed E-state index contributed by atoms with van der Waals surface area (Å²) >= 11 is 1.58. The summed E-state index contributed by atoms with van der Waals surface area (Å²) in [7, 11) is 0. The van der Waals surface area contributed by atoms with Crippen LogP contribution in [-0.4, -0.2) is 24.7 Å². The standard InChI is InChI=1S/C25H24N2O3S/c1-3-30-23-15-8-7-12-19(23)16-22(27-24(28)18-10-5-4-6-11-18)25(29)26-20-13-9-14-21(17-20)31-2/h4-17H,3H2,1-2H3,(H,26,29)(H,27,28)/b22-16+. The first-order valence-electron chi connectivity index (χ1n) is 9.86. The Morgan fingerprint density at radius 1 is 0.968 bits per heavy atom. The lowest BCUT2D eigenvalue weighted by Gasteiger charge is -2.13. The summed E-state index contributed by atoms with van der Waals surface area (Å²) in [5.41, 5.74) is 1.93. The first-order chi connectivity index (χ1) is 15.1. The zero-order valence-corrected chi connectivity index (χ0v) is 18.2. The van der Waals surface area contributed by atoms with E-state index < -0.39 is 5.91 Å². The van der Waals surface area contributed by atoms with Crippen molar-refractivity contribution in [1.82, 2.24) is 5.32 Å². The van der Waals surface area contributed by atoms with Crippen molar-refractivity contribution in [2.45, 2.75) is 11.8 Å². The molecule has 0 aliphatic rings. The minimum Gasteiger partial charge on any atom is -0.493 e. The van der Waals surface area contributed by atoms with Crippen molar-refractivity contribution < 1.29 is 14.3 Å². The summed E-state index contributed by atoms with van der Waals surface area (Å²) in [4.78, 5) is 26.9. The Morgan fingerprint density at radius 2 is 1.71 bits per heavy atom. The minimum absolute atomic E-state index is 0.121. The van der Waals surface area contributed by atoms with Gasteiger partial charge in [-0.3, -0.25) is 9.59 Å². The Hall–Kier alpha value is -3.51. The predicted molar refractivity (Wildman–Crippen MR) is 126 cm³/mol. The normalized spacial score (nSPS) is 11.0. The molecule has 0 unspecified atom stereocenters. The molecule has 158 valence electrons. The zero-order valence-electron chi connectivity index (χ0n) is 17.4. The maximum Gasteiger partial charge on any atom is 0.272 e. The average molecular weight is 433 g/mol. The van der Waals surface area contributed by atoms with Crippen LogP contribution in [0.15, 0.2) is 89.5 Å². The van der Waals surface area contributed by atoms with Gasteiger partial charge in [0.25, 0.3) is 11.8 Å². The number of carbonyl (C=O) groups excluding carboxylic acids is 2. The maximum atomic E-state index is 13.1. The molecule has 0 aliphatic carbocycles. The molecule has 31 heavy (non-hydrogen) atoms. The largest absolute Gasteiger partial charge is 0.493 e.